The Morgan fingerprint density at radius 3 is 2.48 bits per heavy atom. The summed E-state index contributed by atoms with van der Waals surface area (Å²) in [7, 11) is 1.60. The molecule has 1 aliphatic heterocycles. The number of rotatable bonds is 10. The zero-order valence-corrected chi connectivity index (χ0v) is 16.0. The molecule has 0 saturated carbocycles. The number of carbonyl (C=O) groups excluding carboxylic acids is 3. The summed E-state index contributed by atoms with van der Waals surface area (Å²) < 4.78 is 10.00. The first-order chi connectivity index (χ1) is 13.0. The fourth-order valence-corrected chi connectivity index (χ4v) is 2.99. The van der Waals surface area contributed by atoms with E-state index in [4.69, 9.17) is 9.47 Å². The minimum absolute atomic E-state index is 0.147. The average molecular weight is 373 g/mol. The molecule has 6 nitrogen and oxygen atoms in total. The van der Waals surface area contributed by atoms with E-state index in [1.807, 2.05) is 24.3 Å². The van der Waals surface area contributed by atoms with Crippen LogP contribution in [0.15, 0.2) is 29.8 Å². The molecule has 0 N–H and O–H groups in total. The van der Waals surface area contributed by atoms with E-state index in [0.717, 1.165) is 37.0 Å². The van der Waals surface area contributed by atoms with E-state index >= 15 is 0 Å². The number of hydrogen-bond acceptors (Lipinski definition) is 5. The van der Waals surface area contributed by atoms with Crippen molar-refractivity contribution in [3.63, 3.8) is 0 Å². The Labute approximate surface area is 160 Å². The first kappa shape index (κ1) is 20.7. The zero-order chi connectivity index (χ0) is 19.6. The lowest BCUT2D eigenvalue weighted by atomic mass is 10.1. The topological polar surface area (TPSA) is 72.9 Å². The second-order valence-electron chi connectivity index (χ2n) is 6.44. The van der Waals surface area contributed by atoms with Gasteiger partial charge in [0.05, 0.1) is 20.1 Å². The molecule has 0 aromatic heterocycles. The molecule has 0 aliphatic carbocycles. The summed E-state index contributed by atoms with van der Waals surface area (Å²) in [5.74, 6) is 0.222. The van der Waals surface area contributed by atoms with Gasteiger partial charge in [0.25, 0.3) is 5.91 Å². The van der Waals surface area contributed by atoms with Crippen LogP contribution in [-0.2, 0) is 19.1 Å². The van der Waals surface area contributed by atoms with E-state index in [2.05, 4.69) is 0 Å². The lowest BCUT2D eigenvalue weighted by Gasteiger charge is -2.13. The predicted molar refractivity (Wildman–Crippen MR) is 102 cm³/mol. The van der Waals surface area contributed by atoms with Crippen LogP contribution in [0.3, 0.4) is 0 Å². The molecule has 6 heteroatoms. The summed E-state index contributed by atoms with van der Waals surface area (Å²) in [6.45, 7) is 2.63. The zero-order valence-electron chi connectivity index (χ0n) is 16.0. The lowest BCUT2D eigenvalue weighted by molar-refractivity contribution is -0.143. The molecule has 1 heterocycles. The van der Waals surface area contributed by atoms with Crippen molar-refractivity contribution in [2.75, 3.05) is 20.3 Å². The number of amides is 2. The minimum Gasteiger partial charge on any atom is -0.497 e. The van der Waals surface area contributed by atoms with E-state index < -0.39 is 0 Å². The highest BCUT2D eigenvalue weighted by atomic mass is 16.5. The minimum atomic E-state index is -0.206. The van der Waals surface area contributed by atoms with Crippen LogP contribution in [0.1, 0.15) is 51.0 Å². The van der Waals surface area contributed by atoms with E-state index in [1.54, 1.807) is 20.1 Å². The smallest absolute Gasteiger partial charge is 0.305 e. The van der Waals surface area contributed by atoms with Gasteiger partial charge in [0.1, 0.15) is 5.75 Å². The summed E-state index contributed by atoms with van der Waals surface area (Å²) in [5.41, 5.74) is 1.39. The predicted octanol–water partition coefficient (Wildman–Crippen LogP) is 3.35. The van der Waals surface area contributed by atoms with E-state index in [-0.39, 0.29) is 24.2 Å². The Balaban J connectivity index is 1.78. The summed E-state index contributed by atoms with van der Waals surface area (Å²) in [6, 6.07) is 7.36. The second kappa shape index (κ2) is 10.5. The van der Waals surface area contributed by atoms with Crippen LogP contribution >= 0.6 is 0 Å². The number of esters is 1. The van der Waals surface area contributed by atoms with Crippen molar-refractivity contribution >= 4 is 23.9 Å². The van der Waals surface area contributed by atoms with Crippen LogP contribution in [0.2, 0.25) is 0 Å². The Morgan fingerprint density at radius 2 is 1.81 bits per heavy atom. The first-order valence-electron chi connectivity index (χ1n) is 9.40. The van der Waals surface area contributed by atoms with Gasteiger partial charge >= 0.3 is 5.97 Å². The molecule has 2 amide bonds. The van der Waals surface area contributed by atoms with Gasteiger partial charge in [-0.2, -0.15) is 0 Å². The summed E-state index contributed by atoms with van der Waals surface area (Å²) in [4.78, 5) is 37.2. The maximum Gasteiger partial charge on any atom is 0.305 e. The van der Waals surface area contributed by atoms with Gasteiger partial charge in [0, 0.05) is 18.5 Å². The van der Waals surface area contributed by atoms with Crippen LogP contribution in [0.5, 0.6) is 5.75 Å². The maximum absolute atomic E-state index is 12.5. The number of carbonyl (C=O) groups is 3. The summed E-state index contributed by atoms with van der Waals surface area (Å²) in [5, 5.41) is 0. The van der Waals surface area contributed by atoms with Gasteiger partial charge in [-0.05, 0) is 43.5 Å². The highest BCUT2D eigenvalue weighted by Gasteiger charge is 2.32. The number of likely N-dealkylation sites (tertiary alicyclic amines) is 1. The molecule has 1 aromatic carbocycles. The van der Waals surface area contributed by atoms with Crippen molar-refractivity contribution in [1.82, 2.24) is 4.90 Å². The van der Waals surface area contributed by atoms with Gasteiger partial charge in [-0.3, -0.25) is 19.3 Å². The van der Waals surface area contributed by atoms with Crippen molar-refractivity contribution in [2.24, 2.45) is 0 Å². The molecule has 146 valence electrons. The van der Waals surface area contributed by atoms with Gasteiger partial charge < -0.3 is 9.47 Å². The van der Waals surface area contributed by atoms with Crippen LogP contribution in [0, 0.1) is 0 Å². The normalized spacial score (nSPS) is 15.5. The summed E-state index contributed by atoms with van der Waals surface area (Å²) >= 11 is 0. The monoisotopic (exact) mass is 373 g/mol. The third kappa shape index (κ3) is 6.24. The summed E-state index contributed by atoms with van der Waals surface area (Å²) in [6.07, 6.45) is 5.59. The van der Waals surface area contributed by atoms with E-state index in [0.29, 0.717) is 25.1 Å². The van der Waals surface area contributed by atoms with Crippen LogP contribution < -0.4 is 4.74 Å². The molecular formula is C21H27NO5. The van der Waals surface area contributed by atoms with Gasteiger partial charge in [-0.15, -0.1) is 0 Å². The Bertz CT molecular complexity index is 693. The number of imide groups is 1. The van der Waals surface area contributed by atoms with Crippen LogP contribution in [0.25, 0.3) is 6.08 Å². The second-order valence-corrected chi connectivity index (χ2v) is 6.44. The number of nitrogens with zero attached hydrogens (tertiary/aromatic N) is 1. The van der Waals surface area contributed by atoms with Crippen LogP contribution in [0.4, 0.5) is 0 Å². The molecule has 2 rings (SSSR count). The molecular weight excluding hydrogens is 346 g/mol. The van der Waals surface area contributed by atoms with E-state index in [9.17, 15) is 14.4 Å². The number of benzene rings is 1. The SMILES string of the molecule is CCOC(=O)CCCCCCN1C(=O)C/C(=C\c2ccc(OC)cc2)C1=O. The van der Waals surface area contributed by atoms with E-state index in [1.165, 1.54) is 4.90 Å². The highest BCUT2D eigenvalue weighted by Crippen LogP contribution is 2.23. The fraction of sp³-hybridized carbons (Fsp3) is 0.476. The molecule has 0 radical (unpaired) electrons. The molecule has 0 bridgehead atoms. The van der Waals surface area contributed by atoms with Gasteiger partial charge in [-0.1, -0.05) is 25.0 Å². The van der Waals surface area contributed by atoms with Crippen molar-refractivity contribution in [3.05, 3.63) is 35.4 Å². The van der Waals surface area contributed by atoms with Crippen molar-refractivity contribution in [1.29, 1.82) is 0 Å². The number of hydrogen-bond donors (Lipinski definition) is 0. The average Bonchev–Trinajstić information content (AvgIpc) is 2.92. The molecule has 0 unspecified atom stereocenters. The standard InChI is InChI=1S/C21H27NO5/c1-3-27-20(24)8-6-4-5-7-13-22-19(23)15-17(21(22)25)14-16-9-11-18(26-2)12-10-16/h9-12,14H,3-8,13,15H2,1-2H3/b17-14+. The highest BCUT2D eigenvalue weighted by molar-refractivity contribution is 6.15. The van der Waals surface area contributed by atoms with Crippen molar-refractivity contribution < 1.29 is 23.9 Å². The Morgan fingerprint density at radius 1 is 1.11 bits per heavy atom. The van der Waals surface area contributed by atoms with Crippen molar-refractivity contribution in [3.8, 4) is 5.75 Å². The molecule has 1 saturated heterocycles. The first-order valence-corrected chi connectivity index (χ1v) is 9.40. The number of methoxy groups -OCH3 is 1. The molecule has 27 heavy (non-hydrogen) atoms. The van der Waals surface area contributed by atoms with Crippen LogP contribution in [-0.4, -0.2) is 42.9 Å². The van der Waals surface area contributed by atoms with Gasteiger partial charge in [0.2, 0.25) is 5.91 Å². The molecule has 0 atom stereocenters. The quantitative estimate of drug-likeness (QED) is 0.272. The fourth-order valence-electron chi connectivity index (χ4n) is 2.99. The lowest BCUT2D eigenvalue weighted by Crippen LogP contribution is -2.30. The third-order valence-corrected chi connectivity index (χ3v) is 4.44. The Hall–Kier alpha value is -2.63. The number of unbranched alkanes of at least 4 members (excludes halogenated alkanes) is 3. The largest absolute Gasteiger partial charge is 0.497 e. The molecule has 1 aromatic rings. The van der Waals surface area contributed by atoms with Crippen molar-refractivity contribution in [2.45, 2.75) is 45.4 Å². The molecule has 1 aliphatic rings. The number of ether oxygens (including phenoxy) is 2. The molecule has 0 spiro atoms. The van der Waals surface area contributed by atoms with Gasteiger partial charge in [-0.25, -0.2) is 0 Å². The maximum atomic E-state index is 12.5. The molecule has 1 fully saturated rings. The third-order valence-electron chi connectivity index (χ3n) is 4.44. The van der Waals surface area contributed by atoms with Gasteiger partial charge in [0.15, 0.2) is 0 Å². The Kier molecular flexibility index (Phi) is 8.04.